The molecule has 1 aliphatic carbocycles. The highest BCUT2D eigenvalue weighted by Crippen LogP contribution is 2.44. The third-order valence-electron chi connectivity index (χ3n) is 4.81. The van der Waals surface area contributed by atoms with E-state index in [0.29, 0.717) is 5.75 Å². The molecule has 0 aromatic heterocycles. The first kappa shape index (κ1) is 17.7. The van der Waals surface area contributed by atoms with Crippen molar-refractivity contribution in [3.05, 3.63) is 83.9 Å². The topological polar surface area (TPSA) is 35.5 Å². The van der Waals surface area contributed by atoms with Crippen molar-refractivity contribution < 1.29 is 14.3 Å². The molecule has 0 bridgehead atoms. The van der Waals surface area contributed by atoms with Gasteiger partial charge in [-0.15, -0.1) is 0 Å². The Morgan fingerprint density at radius 3 is 2.04 bits per heavy atom. The van der Waals surface area contributed by atoms with Crippen LogP contribution in [-0.4, -0.2) is 25.3 Å². The van der Waals surface area contributed by atoms with Crippen molar-refractivity contribution in [2.75, 3.05) is 19.1 Å². The summed E-state index contributed by atoms with van der Waals surface area (Å²) in [6.07, 6.45) is 3.54. The van der Waals surface area contributed by atoms with Gasteiger partial charge in [-0.1, -0.05) is 60.7 Å². The van der Waals surface area contributed by atoms with E-state index in [1.54, 1.807) is 0 Å². The summed E-state index contributed by atoms with van der Waals surface area (Å²) in [6, 6.07) is 24.2. The molecule has 0 spiro atoms. The number of hydrogen-bond acceptors (Lipinski definition) is 3. The number of ether oxygens (including phenoxy) is 2. The lowest BCUT2D eigenvalue weighted by Crippen LogP contribution is -2.16. The number of carbonyl (C=O) groups is 1. The Morgan fingerprint density at radius 2 is 1.41 bits per heavy atom. The van der Waals surface area contributed by atoms with Crippen molar-refractivity contribution in [1.29, 1.82) is 0 Å². The smallest absolute Gasteiger partial charge is 0.433 e. The van der Waals surface area contributed by atoms with Gasteiger partial charge in [-0.05, 0) is 34.4 Å². The summed E-state index contributed by atoms with van der Waals surface area (Å²) < 4.78 is 11.0. The molecule has 4 heteroatoms. The fourth-order valence-corrected chi connectivity index (χ4v) is 4.44. The number of fused-ring (bicyclic) bond motifs is 3. The zero-order chi connectivity index (χ0) is 18.8. The van der Waals surface area contributed by atoms with Gasteiger partial charge < -0.3 is 9.47 Å². The first-order valence-corrected chi connectivity index (χ1v) is 10.9. The van der Waals surface area contributed by atoms with Crippen molar-refractivity contribution in [2.45, 2.75) is 10.8 Å². The van der Waals surface area contributed by atoms with Gasteiger partial charge in [-0.2, -0.15) is 0 Å². The lowest BCUT2D eigenvalue weighted by molar-refractivity contribution is 0.0955. The van der Waals surface area contributed by atoms with Gasteiger partial charge in [-0.3, -0.25) is 0 Å². The number of rotatable bonds is 4. The van der Waals surface area contributed by atoms with Crippen LogP contribution in [0, 0.1) is 0 Å². The second-order valence-electron chi connectivity index (χ2n) is 6.65. The molecule has 0 saturated heterocycles. The van der Waals surface area contributed by atoms with E-state index in [-0.39, 0.29) is 23.4 Å². The molecule has 0 amide bonds. The number of para-hydroxylation sites is 1. The number of benzene rings is 3. The zero-order valence-electron chi connectivity index (χ0n) is 15.3. The van der Waals surface area contributed by atoms with Crippen LogP contribution in [0.5, 0.6) is 5.75 Å². The SMILES string of the molecule is C[S+](C)c1ccccc1OC(=O)OCC1c2ccccc2-c2ccccc21. The Kier molecular flexibility index (Phi) is 4.90. The van der Waals surface area contributed by atoms with E-state index >= 15 is 0 Å². The van der Waals surface area contributed by atoms with Gasteiger partial charge in [0.05, 0.1) is 0 Å². The van der Waals surface area contributed by atoms with E-state index in [1.165, 1.54) is 22.3 Å². The fourth-order valence-electron chi connectivity index (χ4n) is 3.58. The van der Waals surface area contributed by atoms with Crippen LogP contribution in [0.4, 0.5) is 4.79 Å². The van der Waals surface area contributed by atoms with E-state index in [4.69, 9.17) is 9.47 Å². The highest BCUT2D eigenvalue weighted by Gasteiger charge is 2.29. The molecule has 4 rings (SSSR count). The van der Waals surface area contributed by atoms with Crippen LogP contribution in [0.1, 0.15) is 17.0 Å². The van der Waals surface area contributed by atoms with E-state index in [2.05, 4.69) is 36.8 Å². The minimum Gasteiger partial charge on any atom is -0.433 e. The van der Waals surface area contributed by atoms with Crippen LogP contribution in [0.15, 0.2) is 77.7 Å². The molecule has 0 N–H and O–H groups in total. The van der Waals surface area contributed by atoms with Crippen molar-refractivity contribution in [3.63, 3.8) is 0 Å². The molecule has 1 aliphatic rings. The van der Waals surface area contributed by atoms with Crippen molar-refractivity contribution in [2.24, 2.45) is 0 Å². The van der Waals surface area contributed by atoms with Crippen molar-refractivity contribution >= 4 is 17.1 Å². The first-order chi connectivity index (χ1) is 13.1. The summed E-state index contributed by atoms with van der Waals surface area (Å²) in [7, 11) is -0.00516. The van der Waals surface area contributed by atoms with Gasteiger partial charge in [0.15, 0.2) is 10.6 Å². The number of carbonyl (C=O) groups excluding carboxylic acids is 1. The molecule has 0 unspecified atom stereocenters. The minimum absolute atomic E-state index is 0.00516. The highest BCUT2D eigenvalue weighted by molar-refractivity contribution is 7.95. The van der Waals surface area contributed by atoms with E-state index in [1.807, 2.05) is 48.5 Å². The molecular formula is C23H21O3S+. The largest absolute Gasteiger partial charge is 0.514 e. The second-order valence-corrected chi connectivity index (χ2v) is 8.73. The Balaban J connectivity index is 1.50. The molecule has 0 fully saturated rings. The van der Waals surface area contributed by atoms with Gasteiger partial charge in [0, 0.05) is 16.8 Å². The monoisotopic (exact) mass is 377 g/mol. The van der Waals surface area contributed by atoms with Gasteiger partial charge in [-0.25, -0.2) is 4.79 Å². The summed E-state index contributed by atoms with van der Waals surface area (Å²) in [4.78, 5) is 13.3. The molecule has 0 heterocycles. The Morgan fingerprint density at radius 1 is 0.852 bits per heavy atom. The maximum absolute atomic E-state index is 12.3. The van der Waals surface area contributed by atoms with Gasteiger partial charge in [0.2, 0.25) is 0 Å². The second kappa shape index (κ2) is 7.49. The minimum atomic E-state index is -0.658. The molecule has 0 radical (unpaired) electrons. The number of hydrogen-bond donors (Lipinski definition) is 0. The molecule has 27 heavy (non-hydrogen) atoms. The summed E-state index contributed by atoms with van der Waals surface area (Å²) in [6.45, 7) is 0.263. The fraction of sp³-hybridized carbons (Fsp3) is 0.174. The molecular weight excluding hydrogens is 356 g/mol. The third-order valence-corrected chi connectivity index (χ3v) is 6.03. The average molecular weight is 377 g/mol. The van der Waals surface area contributed by atoms with E-state index < -0.39 is 6.16 Å². The van der Waals surface area contributed by atoms with E-state index in [0.717, 1.165) is 4.90 Å². The molecule has 0 atom stereocenters. The average Bonchev–Trinajstić information content (AvgIpc) is 3.00. The molecule has 3 aromatic carbocycles. The van der Waals surface area contributed by atoms with Crippen LogP contribution in [-0.2, 0) is 15.6 Å². The quantitative estimate of drug-likeness (QED) is 0.354. The lowest BCUT2D eigenvalue weighted by Gasteiger charge is -2.14. The summed E-state index contributed by atoms with van der Waals surface area (Å²) in [5.41, 5.74) is 4.80. The summed E-state index contributed by atoms with van der Waals surface area (Å²) in [5.74, 6) is 0.607. The lowest BCUT2D eigenvalue weighted by atomic mass is 9.98. The third kappa shape index (κ3) is 3.45. The summed E-state index contributed by atoms with van der Waals surface area (Å²) in [5, 5.41) is 0. The van der Waals surface area contributed by atoms with Crippen molar-refractivity contribution in [3.8, 4) is 16.9 Å². The summed E-state index contributed by atoms with van der Waals surface area (Å²) >= 11 is 0. The predicted octanol–water partition coefficient (Wildman–Crippen LogP) is 5.25. The Hall–Kier alpha value is -2.72. The van der Waals surface area contributed by atoms with Crippen LogP contribution < -0.4 is 4.74 Å². The van der Waals surface area contributed by atoms with Gasteiger partial charge >= 0.3 is 6.16 Å². The molecule has 136 valence electrons. The molecule has 0 saturated carbocycles. The Labute approximate surface area is 162 Å². The maximum Gasteiger partial charge on any atom is 0.514 e. The maximum atomic E-state index is 12.3. The Bertz CT molecular complexity index is 935. The predicted molar refractivity (Wildman–Crippen MR) is 110 cm³/mol. The first-order valence-electron chi connectivity index (χ1n) is 8.84. The molecule has 3 nitrogen and oxygen atoms in total. The van der Waals surface area contributed by atoms with E-state index in [9.17, 15) is 4.79 Å². The highest BCUT2D eigenvalue weighted by atomic mass is 32.2. The molecule has 0 aliphatic heterocycles. The van der Waals surface area contributed by atoms with Gasteiger partial charge in [0.1, 0.15) is 19.1 Å². The van der Waals surface area contributed by atoms with Crippen molar-refractivity contribution in [1.82, 2.24) is 0 Å². The molecule has 3 aromatic rings. The van der Waals surface area contributed by atoms with Crippen LogP contribution in [0.25, 0.3) is 11.1 Å². The van der Waals surface area contributed by atoms with Crippen LogP contribution in [0.3, 0.4) is 0 Å². The van der Waals surface area contributed by atoms with Crippen LogP contribution in [0.2, 0.25) is 0 Å². The normalized spacial score (nSPS) is 12.6. The zero-order valence-corrected chi connectivity index (χ0v) is 16.2. The van der Waals surface area contributed by atoms with Gasteiger partial charge in [0.25, 0.3) is 0 Å². The van der Waals surface area contributed by atoms with Crippen LogP contribution >= 0.6 is 0 Å². The standard InChI is InChI=1S/C23H21O3S/c1-27(2)22-14-8-7-13-21(22)26-23(24)25-15-20-18-11-5-3-9-16(18)17-10-4-6-12-19(17)20/h3-14,20H,15H2,1-2H3/q+1.